The fourth-order valence-electron chi connectivity index (χ4n) is 2.52. The number of hydrogen-bond acceptors (Lipinski definition) is 4. The minimum atomic E-state index is -0.248. The second-order valence-corrected chi connectivity index (χ2v) is 7.34. The minimum absolute atomic E-state index is 0.248. The number of benzene rings is 2. The van der Waals surface area contributed by atoms with Gasteiger partial charge in [0.15, 0.2) is 5.13 Å². The van der Waals surface area contributed by atoms with Crippen LogP contribution in [0.25, 0.3) is 17.3 Å². The van der Waals surface area contributed by atoms with E-state index >= 15 is 0 Å². The fourth-order valence-corrected chi connectivity index (χ4v) is 3.55. The van der Waals surface area contributed by atoms with E-state index in [1.165, 1.54) is 17.4 Å². The van der Waals surface area contributed by atoms with E-state index in [2.05, 4.69) is 10.3 Å². The van der Waals surface area contributed by atoms with Crippen LogP contribution in [-0.2, 0) is 4.79 Å². The summed E-state index contributed by atoms with van der Waals surface area (Å²) >= 11 is 7.53. The van der Waals surface area contributed by atoms with Crippen LogP contribution in [0.4, 0.5) is 5.13 Å². The predicted octanol–water partition coefficient (Wildman–Crippen LogP) is 5.82. The number of nitrogens with zero attached hydrogens (tertiary/aromatic N) is 1. The Morgan fingerprint density at radius 2 is 1.96 bits per heavy atom. The Balaban J connectivity index is 1.70. The molecule has 3 aromatic rings. The highest BCUT2D eigenvalue weighted by atomic mass is 35.5. The van der Waals surface area contributed by atoms with Crippen LogP contribution in [0.15, 0.2) is 54.6 Å². The molecule has 0 spiro atoms. The molecule has 0 saturated heterocycles. The highest BCUT2D eigenvalue weighted by Gasteiger charge is 2.11. The zero-order valence-electron chi connectivity index (χ0n) is 15.0. The predicted molar refractivity (Wildman–Crippen MR) is 113 cm³/mol. The van der Waals surface area contributed by atoms with Gasteiger partial charge in [0.1, 0.15) is 5.75 Å². The molecule has 1 heterocycles. The van der Waals surface area contributed by atoms with E-state index in [4.69, 9.17) is 16.3 Å². The molecule has 6 heteroatoms. The highest BCUT2D eigenvalue weighted by molar-refractivity contribution is 7.16. The van der Waals surface area contributed by atoms with E-state index in [0.29, 0.717) is 16.8 Å². The van der Waals surface area contributed by atoms with Crippen LogP contribution < -0.4 is 10.1 Å². The molecule has 1 aromatic heterocycles. The number of aryl methyl sites for hydroxylation is 1. The van der Waals surface area contributed by atoms with Gasteiger partial charge in [0.25, 0.3) is 0 Å². The smallest absolute Gasteiger partial charge is 0.250 e. The van der Waals surface area contributed by atoms with Gasteiger partial charge < -0.3 is 4.74 Å². The van der Waals surface area contributed by atoms with Crippen molar-refractivity contribution in [3.05, 3.63) is 70.1 Å². The van der Waals surface area contributed by atoms with E-state index < -0.39 is 0 Å². The maximum atomic E-state index is 12.2. The zero-order chi connectivity index (χ0) is 19.2. The number of amides is 1. The molecule has 4 nitrogen and oxygen atoms in total. The van der Waals surface area contributed by atoms with Crippen molar-refractivity contribution in [3.8, 4) is 17.0 Å². The first-order valence-corrected chi connectivity index (χ1v) is 9.70. The van der Waals surface area contributed by atoms with Crippen molar-refractivity contribution in [1.29, 1.82) is 0 Å². The third-order valence-electron chi connectivity index (χ3n) is 3.78. The summed E-state index contributed by atoms with van der Waals surface area (Å²) in [7, 11) is 0. The third kappa shape index (κ3) is 4.96. The number of halogens is 1. The molecule has 1 N–H and O–H groups in total. The van der Waals surface area contributed by atoms with E-state index in [1.807, 2.05) is 56.3 Å². The lowest BCUT2D eigenvalue weighted by atomic mass is 10.1. The lowest BCUT2D eigenvalue weighted by Gasteiger charge is -2.04. The highest BCUT2D eigenvalue weighted by Crippen LogP contribution is 2.31. The van der Waals surface area contributed by atoms with Gasteiger partial charge in [0.05, 0.1) is 12.3 Å². The molecule has 0 saturated carbocycles. The number of aromatic nitrogens is 1. The number of carbonyl (C=O) groups is 1. The summed E-state index contributed by atoms with van der Waals surface area (Å²) in [5, 5.41) is 3.97. The van der Waals surface area contributed by atoms with Crippen molar-refractivity contribution in [2.45, 2.75) is 13.8 Å². The second kappa shape index (κ2) is 8.84. The SMILES string of the molecule is CCOc1ccc(-c2nc(NC(=O)C=Cc3ccccc3Cl)sc2C)cc1. The van der Waals surface area contributed by atoms with Crippen LogP contribution in [0.3, 0.4) is 0 Å². The molecule has 0 aliphatic rings. The van der Waals surface area contributed by atoms with E-state index in [9.17, 15) is 4.79 Å². The van der Waals surface area contributed by atoms with Gasteiger partial charge in [-0.25, -0.2) is 4.98 Å². The zero-order valence-corrected chi connectivity index (χ0v) is 16.6. The number of hydrogen-bond donors (Lipinski definition) is 1. The molecule has 0 atom stereocenters. The Labute approximate surface area is 167 Å². The van der Waals surface area contributed by atoms with Crippen LogP contribution in [0.2, 0.25) is 5.02 Å². The molecule has 0 fully saturated rings. The number of ether oxygens (including phenoxy) is 1. The maximum Gasteiger partial charge on any atom is 0.250 e. The Kier molecular flexibility index (Phi) is 6.27. The topological polar surface area (TPSA) is 51.2 Å². The van der Waals surface area contributed by atoms with Crippen molar-refractivity contribution in [2.24, 2.45) is 0 Å². The maximum absolute atomic E-state index is 12.2. The summed E-state index contributed by atoms with van der Waals surface area (Å²) in [6.45, 7) is 4.57. The first-order chi connectivity index (χ1) is 13.1. The normalized spacial score (nSPS) is 10.9. The molecule has 27 heavy (non-hydrogen) atoms. The summed E-state index contributed by atoms with van der Waals surface area (Å²) in [6, 6.07) is 15.1. The Hall–Kier alpha value is -2.63. The molecule has 1 amide bonds. The van der Waals surface area contributed by atoms with Crippen molar-refractivity contribution in [3.63, 3.8) is 0 Å². The van der Waals surface area contributed by atoms with Crippen molar-refractivity contribution in [2.75, 3.05) is 11.9 Å². The number of thiazole rings is 1. The van der Waals surface area contributed by atoms with Crippen molar-refractivity contribution >= 4 is 40.1 Å². The van der Waals surface area contributed by atoms with E-state index in [1.54, 1.807) is 12.1 Å². The molecule has 3 rings (SSSR count). The number of rotatable bonds is 6. The molecule has 0 unspecified atom stereocenters. The quantitative estimate of drug-likeness (QED) is 0.532. The molecule has 0 bridgehead atoms. The molecular formula is C21H19ClN2O2S. The summed E-state index contributed by atoms with van der Waals surface area (Å²) < 4.78 is 5.46. The van der Waals surface area contributed by atoms with Gasteiger partial charge in [0.2, 0.25) is 5.91 Å². The van der Waals surface area contributed by atoms with Crippen molar-refractivity contribution in [1.82, 2.24) is 4.98 Å². The lowest BCUT2D eigenvalue weighted by molar-refractivity contribution is -0.111. The Bertz CT molecular complexity index is 965. The van der Waals surface area contributed by atoms with Crippen LogP contribution in [0, 0.1) is 6.92 Å². The molecule has 2 aromatic carbocycles. The first kappa shape index (κ1) is 19.1. The summed E-state index contributed by atoms with van der Waals surface area (Å²) in [6.07, 6.45) is 3.14. The second-order valence-electron chi connectivity index (χ2n) is 5.73. The molecule has 0 aliphatic heterocycles. The summed E-state index contributed by atoms with van der Waals surface area (Å²) in [4.78, 5) is 17.8. The van der Waals surface area contributed by atoms with E-state index in [-0.39, 0.29) is 5.91 Å². The van der Waals surface area contributed by atoms with Gasteiger partial charge >= 0.3 is 0 Å². The average molecular weight is 399 g/mol. The Morgan fingerprint density at radius 3 is 2.67 bits per heavy atom. The van der Waals surface area contributed by atoms with Crippen LogP contribution in [0.1, 0.15) is 17.4 Å². The number of carbonyl (C=O) groups excluding carboxylic acids is 1. The molecular weight excluding hydrogens is 380 g/mol. The van der Waals surface area contributed by atoms with Gasteiger partial charge in [0, 0.05) is 21.5 Å². The number of nitrogens with one attached hydrogen (secondary N) is 1. The number of anilines is 1. The third-order valence-corrected chi connectivity index (χ3v) is 5.02. The first-order valence-electron chi connectivity index (χ1n) is 8.51. The van der Waals surface area contributed by atoms with Gasteiger partial charge in [-0.05, 0) is 55.8 Å². The molecule has 0 radical (unpaired) electrons. The minimum Gasteiger partial charge on any atom is -0.494 e. The largest absolute Gasteiger partial charge is 0.494 e. The van der Waals surface area contributed by atoms with E-state index in [0.717, 1.165) is 27.4 Å². The standard InChI is InChI=1S/C21H19ClN2O2S/c1-3-26-17-11-8-16(9-12-17)20-14(2)27-21(24-20)23-19(25)13-10-15-6-4-5-7-18(15)22/h4-13H,3H2,1-2H3,(H,23,24,25). The van der Waals surface area contributed by atoms with Gasteiger partial charge in [-0.3, -0.25) is 10.1 Å². The monoisotopic (exact) mass is 398 g/mol. The fraction of sp³-hybridized carbons (Fsp3) is 0.143. The van der Waals surface area contributed by atoms with Crippen LogP contribution >= 0.6 is 22.9 Å². The van der Waals surface area contributed by atoms with Crippen LogP contribution in [0.5, 0.6) is 5.75 Å². The van der Waals surface area contributed by atoms with Gasteiger partial charge in [-0.15, -0.1) is 11.3 Å². The molecule has 138 valence electrons. The van der Waals surface area contributed by atoms with Gasteiger partial charge in [-0.2, -0.15) is 0 Å². The van der Waals surface area contributed by atoms with Crippen molar-refractivity contribution < 1.29 is 9.53 Å². The average Bonchev–Trinajstić information content (AvgIpc) is 3.02. The van der Waals surface area contributed by atoms with Gasteiger partial charge in [-0.1, -0.05) is 29.8 Å². The van der Waals surface area contributed by atoms with Crippen LogP contribution in [-0.4, -0.2) is 17.5 Å². The summed E-state index contributed by atoms with van der Waals surface area (Å²) in [5.41, 5.74) is 2.63. The Morgan fingerprint density at radius 1 is 1.22 bits per heavy atom. The lowest BCUT2D eigenvalue weighted by Crippen LogP contribution is -2.07. The summed E-state index contributed by atoms with van der Waals surface area (Å²) in [5.74, 6) is 0.578. The molecule has 0 aliphatic carbocycles.